The summed E-state index contributed by atoms with van der Waals surface area (Å²) < 4.78 is 32.3. The van der Waals surface area contributed by atoms with Crippen LogP contribution in [0.5, 0.6) is 0 Å². The van der Waals surface area contributed by atoms with Crippen molar-refractivity contribution in [1.29, 1.82) is 0 Å². The van der Waals surface area contributed by atoms with Crippen molar-refractivity contribution in [1.82, 2.24) is 0 Å². The number of fused-ring (bicyclic) bond motifs is 1. The molecule has 1 atom stereocenters. The van der Waals surface area contributed by atoms with Gasteiger partial charge in [-0.3, -0.25) is 4.18 Å². The molecule has 0 saturated heterocycles. The van der Waals surface area contributed by atoms with E-state index in [0.29, 0.717) is 6.61 Å². The first-order valence-corrected chi connectivity index (χ1v) is 6.42. The Hall–Kier alpha value is -0.910. The van der Waals surface area contributed by atoms with Crippen LogP contribution in [0.25, 0.3) is 0 Å². The molecule has 15 heavy (non-hydrogen) atoms. The second-order valence-corrected chi connectivity index (χ2v) is 5.10. The zero-order valence-corrected chi connectivity index (χ0v) is 9.16. The molecule has 82 valence electrons. The molecule has 1 aliphatic heterocycles. The first-order chi connectivity index (χ1) is 7.06. The SMILES string of the molecule is CS(=O)(=O)OC1COCc2ccccc21. The first kappa shape index (κ1) is 10.6. The van der Waals surface area contributed by atoms with Gasteiger partial charge in [0, 0.05) is 0 Å². The highest BCUT2D eigenvalue weighted by Gasteiger charge is 2.24. The molecule has 0 N–H and O–H groups in total. The van der Waals surface area contributed by atoms with Gasteiger partial charge in [0.25, 0.3) is 10.1 Å². The van der Waals surface area contributed by atoms with Crippen LogP contribution in [0.2, 0.25) is 0 Å². The van der Waals surface area contributed by atoms with Crippen molar-refractivity contribution in [2.75, 3.05) is 12.9 Å². The normalized spacial score (nSPS) is 21.0. The van der Waals surface area contributed by atoms with Gasteiger partial charge in [-0.05, 0) is 11.1 Å². The van der Waals surface area contributed by atoms with Crippen LogP contribution in [0.3, 0.4) is 0 Å². The fourth-order valence-corrected chi connectivity index (χ4v) is 2.22. The molecular weight excluding hydrogens is 216 g/mol. The molecule has 5 heteroatoms. The van der Waals surface area contributed by atoms with Crippen molar-refractivity contribution >= 4 is 10.1 Å². The largest absolute Gasteiger partial charge is 0.374 e. The molecule has 0 bridgehead atoms. The highest BCUT2D eigenvalue weighted by atomic mass is 32.2. The number of hydrogen-bond acceptors (Lipinski definition) is 4. The molecule has 2 rings (SSSR count). The van der Waals surface area contributed by atoms with Gasteiger partial charge in [-0.15, -0.1) is 0 Å². The topological polar surface area (TPSA) is 52.6 Å². The van der Waals surface area contributed by atoms with Crippen molar-refractivity contribution in [2.45, 2.75) is 12.7 Å². The standard InChI is InChI=1S/C10H12O4S/c1-15(11,12)14-10-7-13-6-8-4-2-3-5-9(8)10/h2-5,10H,6-7H2,1H3. The van der Waals surface area contributed by atoms with E-state index in [1.807, 2.05) is 24.3 Å². The lowest BCUT2D eigenvalue weighted by Crippen LogP contribution is -2.21. The summed E-state index contributed by atoms with van der Waals surface area (Å²) >= 11 is 0. The van der Waals surface area contributed by atoms with Crippen LogP contribution >= 0.6 is 0 Å². The van der Waals surface area contributed by atoms with E-state index in [1.165, 1.54) is 0 Å². The molecule has 1 aromatic rings. The third kappa shape index (κ3) is 2.56. The van der Waals surface area contributed by atoms with Gasteiger partial charge < -0.3 is 4.74 Å². The van der Waals surface area contributed by atoms with Gasteiger partial charge in [0.2, 0.25) is 0 Å². The Kier molecular flexibility index (Phi) is 2.77. The van der Waals surface area contributed by atoms with E-state index in [1.54, 1.807) is 0 Å². The lowest BCUT2D eigenvalue weighted by Gasteiger charge is -2.24. The van der Waals surface area contributed by atoms with Gasteiger partial charge in [0.1, 0.15) is 6.10 Å². The van der Waals surface area contributed by atoms with Crippen LogP contribution in [-0.4, -0.2) is 21.3 Å². The molecule has 0 aliphatic carbocycles. The summed E-state index contributed by atoms with van der Waals surface area (Å²) in [6, 6.07) is 7.54. The minimum absolute atomic E-state index is 0.282. The van der Waals surface area contributed by atoms with Crippen LogP contribution in [-0.2, 0) is 25.6 Å². The van der Waals surface area contributed by atoms with E-state index in [-0.39, 0.29) is 6.61 Å². The number of ether oxygens (including phenoxy) is 1. The molecule has 1 aromatic carbocycles. The Balaban J connectivity index is 2.30. The summed E-state index contributed by atoms with van der Waals surface area (Å²) in [5.74, 6) is 0. The van der Waals surface area contributed by atoms with E-state index in [0.717, 1.165) is 17.4 Å². The quantitative estimate of drug-likeness (QED) is 0.714. The second kappa shape index (κ2) is 3.92. The molecule has 0 radical (unpaired) electrons. The number of rotatable bonds is 2. The van der Waals surface area contributed by atoms with E-state index in [4.69, 9.17) is 8.92 Å². The number of hydrogen-bond donors (Lipinski definition) is 0. The summed E-state index contributed by atoms with van der Waals surface area (Å²) in [5.41, 5.74) is 1.88. The molecular formula is C10H12O4S. The maximum atomic E-state index is 11.0. The Bertz CT molecular complexity index is 452. The zero-order valence-electron chi connectivity index (χ0n) is 8.34. The van der Waals surface area contributed by atoms with E-state index < -0.39 is 16.2 Å². The van der Waals surface area contributed by atoms with Crippen molar-refractivity contribution in [3.63, 3.8) is 0 Å². The first-order valence-electron chi connectivity index (χ1n) is 4.60. The van der Waals surface area contributed by atoms with Gasteiger partial charge in [0.15, 0.2) is 0 Å². The van der Waals surface area contributed by atoms with Gasteiger partial charge in [-0.1, -0.05) is 24.3 Å². The highest BCUT2D eigenvalue weighted by molar-refractivity contribution is 7.86. The van der Waals surface area contributed by atoms with Gasteiger partial charge in [0.05, 0.1) is 19.5 Å². The summed E-state index contributed by atoms with van der Waals surface area (Å²) in [6.07, 6.45) is 0.537. The molecule has 0 aromatic heterocycles. The van der Waals surface area contributed by atoms with E-state index in [9.17, 15) is 8.42 Å². The molecule has 1 unspecified atom stereocenters. The monoisotopic (exact) mass is 228 g/mol. The smallest absolute Gasteiger partial charge is 0.265 e. The summed E-state index contributed by atoms with van der Waals surface area (Å²) in [7, 11) is -3.45. The van der Waals surface area contributed by atoms with Gasteiger partial charge in [-0.25, -0.2) is 0 Å². The van der Waals surface area contributed by atoms with E-state index in [2.05, 4.69) is 0 Å². The predicted octanol–water partition coefficient (Wildman–Crippen LogP) is 1.23. The van der Waals surface area contributed by atoms with Crippen LogP contribution in [0.15, 0.2) is 24.3 Å². The van der Waals surface area contributed by atoms with E-state index >= 15 is 0 Å². The lowest BCUT2D eigenvalue weighted by molar-refractivity contribution is 0.0259. The second-order valence-electron chi connectivity index (χ2n) is 3.50. The molecule has 4 nitrogen and oxygen atoms in total. The summed E-state index contributed by atoms with van der Waals surface area (Å²) in [5, 5.41) is 0. The molecule has 0 spiro atoms. The molecule has 1 aliphatic rings. The van der Waals surface area contributed by atoms with Crippen molar-refractivity contribution in [3.05, 3.63) is 35.4 Å². The number of benzene rings is 1. The maximum Gasteiger partial charge on any atom is 0.265 e. The summed E-state index contributed by atoms with van der Waals surface area (Å²) in [6.45, 7) is 0.796. The average Bonchev–Trinajstić information content (AvgIpc) is 2.16. The average molecular weight is 228 g/mol. The Morgan fingerprint density at radius 1 is 1.40 bits per heavy atom. The minimum atomic E-state index is -3.45. The Morgan fingerprint density at radius 2 is 2.13 bits per heavy atom. The third-order valence-corrected chi connectivity index (χ3v) is 2.80. The van der Waals surface area contributed by atoms with Crippen molar-refractivity contribution in [2.24, 2.45) is 0 Å². The maximum absolute atomic E-state index is 11.0. The minimum Gasteiger partial charge on any atom is -0.374 e. The molecule has 0 amide bonds. The highest BCUT2D eigenvalue weighted by Crippen LogP contribution is 2.28. The molecule has 0 saturated carbocycles. The van der Waals surface area contributed by atoms with Crippen molar-refractivity contribution in [3.8, 4) is 0 Å². The predicted molar refractivity (Wildman–Crippen MR) is 54.8 cm³/mol. The van der Waals surface area contributed by atoms with Crippen molar-refractivity contribution < 1.29 is 17.3 Å². The third-order valence-electron chi connectivity index (χ3n) is 2.22. The lowest BCUT2D eigenvalue weighted by atomic mass is 10.0. The fourth-order valence-electron chi connectivity index (χ4n) is 1.64. The Labute approximate surface area is 88.9 Å². The molecule has 1 heterocycles. The van der Waals surface area contributed by atoms with Crippen LogP contribution in [0.4, 0.5) is 0 Å². The fraction of sp³-hybridized carbons (Fsp3) is 0.400. The summed E-state index contributed by atoms with van der Waals surface area (Å²) in [4.78, 5) is 0. The van der Waals surface area contributed by atoms with Crippen LogP contribution in [0.1, 0.15) is 17.2 Å². The van der Waals surface area contributed by atoms with Gasteiger partial charge >= 0.3 is 0 Å². The molecule has 0 fully saturated rings. The van der Waals surface area contributed by atoms with Crippen LogP contribution in [0, 0.1) is 0 Å². The Morgan fingerprint density at radius 3 is 2.87 bits per heavy atom. The zero-order chi connectivity index (χ0) is 10.9. The van der Waals surface area contributed by atoms with Crippen LogP contribution < -0.4 is 0 Å². The van der Waals surface area contributed by atoms with Gasteiger partial charge in [-0.2, -0.15) is 8.42 Å².